The maximum atomic E-state index is 13.6. The van der Waals surface area contributed by atoms with Gasteiger partial charge in [0.25, 0.3) is 5.91 Å². The Kier molecular flexibility index (Phi) is 5.33. The number of methoxy groups -OCH3 is 1. The first kappa shape index (κ1) is 21.8. The van der Waals surface area contributed by atoms with Gasteiger partial charge in [0.15, 0.2) is 5.75 Å². The van der Waals surface area contributed by atoms with Crippen molar-refractivity contribution >= 4 is 34.3 Å². The van der Waals surface area contributed by atoms with Crippen LogP contribution in [0.4, 0.5) is 10.5 Å². The largest absolute Gasteiger partial charge is 0.497 e. The lowest BCUT2D eigenvalue weighted by Crippen LogP contribution is -2.47. The second-order valence-corrected chi connectivity index (χ2v) is 8.57. The van der Waals surface area contributed by atoms with E-state index in [1.165, 1.54) is 6.20 Å². The number of anilines is 1. The Hall–Kier alpha value is -4.72. The Bertz CT molecular complexity index is 1530. The maximum absolute atomic E-state index is 13.6. The normalized spacial score (nSPS) is 16.2. The lowest BCUT2D eigenvalue weighted by atomic mass is 9.97. The van der Waals surface area contributed by atoms with Crippen molar-refractivity contribution in [2.45, 2.75) is 12.6 Å². The maximum Gasteiger partial charge on any atom is 0.414 e. The fourth-order valence-corrected chi connectivity index (χ4v) is 4.71. The van der Waals surface area contributed by atoms with E-state index in [9.17, 15) is 9.59 Å². The quantitative estimate of drug-likeness (QED) is 0.477. The molecule has 3 heterocycles. The highest BCUT2D eigenvalue weighted by molar-refractivity contribution is 6.21. The fraction of sp³-hybridized carbons (Fsp3) is 0.143. The molecule has 6 rings (SSSR count). The molecule has 36 heavy (non-hydrogen) atoms. The number of hydrogen-bond acceptors (Lipinski definition) is 6. The first-order valence-corrected chi connectivity index (χ1v) is 11.6. The number of ether oxygens (including phenoxy) is 2. The van der Waals surface area contributed by atoms with Gasteiger partial charge in [-0.1, -0.05) is 48.5 Å². The highest BCUT2D eigenvalue weighted by atomic mass is 16.6. The van der Waals surface area contributed by atoms with Gasteiger partial charge in [-0.05, 0) is 36.2 Å². The second kappa shape index (κ2) is 8.81. The number of para-hydroxylation sites is 1. The van der Waals surface area contributed by atoms with Crippen LogP contribution in [-0.4, -0.2) is 42.5 Å². The number of aromatic nitrogens is 1. The molecule has 1 aromatic heterocycles. The number of nitrogens with one attached hydrogen (secondary N) is 1. The number of nitrogens with zero attached hydrogens (tertiary/aromatic N) is 3. The third kappa shape index (κ3) is 3.82. The summed E-state index contributed by atoms with van der Waals surface area (Å²) in [7, 11) is 1.62. The number of carbonyl (C=O) groups excluding carboxylic acids is 2. The van der Waals surface area contributed by atoms with E-state index < -0.39 is 12.3 Å². The van der Waals surface area contributed by atoms with Crippen molar-refractivity contribution < 1.29 is 19.1 Å². The Morgan fingerprint density at radius 2 is 1.83 bits per heavy atom. The van der Waals surface area contributed by atoms with Crippen molar-refractivity contribution in [3.05, 3.63) is 95.7 Å². The summed E-state index contributed by atoms with van der Waals surface area (Å²) in [5.74, 6) is 0.645. The van der Waals surface area contributed by atoms with Gasteiger partial charge >= 0.3 is 6.09 Å². The van der Waals surface area contributed by atoms with Gasteiger partial charge in [0.05, 0.1) is 30.2 Å². The molecule has 0 saturated carbocycles. The Morgan fingerprint density at radius 1 is 1.03 bits per heavy atom. The van der Waals surface area contributed by atoms with E-state index in [4.69, 9.17) is 14.5 Å². The second-order valence-electron chi connectivity index (χ2n) is 8.57. The van der Waals surface area contributed by atoms with Crippen molar-refractivity contribution in [3.63, 3.8) is 0 Å². The third-order valence-electron chi connectivity index (χ3n) is 6.36. The minimum absolute atomic E-state index is 0.274. The molecule has 0 unspecified atom stereocenters. The van der Waals surface area contributed by atoms with E-state index in [0.29, 0.717) is 24.4 Å². The van der Waals surface area contributed by atoms with Crippen LogP contribution in [0.5, 0.6) is 11.5 Å². The smallest absolute Gasteiger partial charge is 0.414 e. The SMILES string of the molecule is COc1cc2c3c(c1)C(c1ccccc1)=N[C@@H](NC(=O)Oc1cnc4ccccc4c1)C(=O)N3CC2. The molecule has 3 aromatic carbocycles. The molecule has 0 saturated heterocycles. The van der Waals surface area contributed by atoms with Crippen LogP contribution >= 0.6 is 0 Å². The Balaban J connectivity index is 1.36. The highest BCUT2D eigenvalue weighted by Gasteiger charge is 2.38. The standard InChI is InChI=1S/C28H22N4O4/c1-35-20-14-19-11-12-32-25(19)22(15-20)24(17-7-3-2-4-8-17)30-26(27(32)33)31-28(34)36-21-13-18-9-5-6-10-23(18)29-16-21/h2-10,13-16,26H,11-12H2,1H3,(H,31,34)/t26-/m0/s1. The van der Waals surface area contributed by atoms with Gasteiger partial charge in [-0.25, -0.2) is 9.79 Å². The molecule has 1 atom stereocenters. The molecule has 8 nitrogen and oxygen atoms in total. The van der Waals surface area contributed by atoms with Crippen molar-refractivity contribution in [3.8, 4) is 11.5 Å². The number of benzene rings is 3. The number of pyridine rings is 1. The van der Waals surface area contributed by atoms with Crippen LogP contribution in [0, 0.1) is 0 Å². The molecule has 0 bridgehead atoms. The van der Waals surface area contributed by atoms with Crippen LogP contribution in [0.2, 0.25) is 0 Å². The van der Waals surface area contributed by atoms with Crippen molar-refractivity contribution in [1.29, 1.82) is 0 Å². The van der Waals surface area contributed by atoms with E-state index in [1.54, 1.807) is 18.1 Å². The molecular weight excluding hydrogens is 456 g/mol. The van der Waals surface area contributed by atoms with Crippen LogP contribution in [0.25, 0.3) is 10.9 Å². The molecule has 0 radical (unpaired) electrons. The van der Waals surface area contributed by atoms with Crippen LogP contribution in [0.1, 0.15) is 16.7 Å². The van der Waals surface area contributed by atoms with Crippen molar-refractivity contribution in [1.82, 2.24) is 10.3 Å². The van der Waals surface area contributed by atoms with E-state index in [0.717, 1.165) is 33.3 Å². The average molecular weight is 479 g/mol. The fourth-order valence-electron chi connectivity index (χ4n) is 4.71. The number of rotatable bonds is 4. The predicted molar refractivity (Wildman–Crippen MR) is 136 cm³/mol. The molecule has 8 heteroatoms. The molecule has 2 aliphatic rings. The Morgan fingerprint density at radius 3 is 2.67 bits per heavy atom. The summed E-state index contributed by atoms with van der Waals surface area (Å²) in [6, 6.07) is 22.7. The molecule has 178 valence electrons. The molecule has 0 fully saturated rings. The summed E-state index contributed by atoms with van der Waals surface area (Å²) < 4.78 is 11.0. The number of aliphatic imine (C=N–C) groups is 1. The number of amides is 2. The van der Waals surface area contributed by atoms with Crippen LogP contribution in [0.15, 0.2) is 84.0 Å². The zero-order valence-electron chi connectivity index (χ0n) is 19.5. The molecule has 1 N–H and O–H groups in total. The Labute approximate surface area is 207 Å². The van der Waals surface area contributed by atoms with Gasteiger partial charge in [0, 0.05) is 23.1 Å². The monoisotopic (exact) mass is 478 g/mol. The number of carbonyl (C=O) groups is 2. The van der Waals surface area contributed by atoms with E-state index >= 15 is 0 Å². The van der Waals surface area contributed by atoms with Gasteiger partial charge in [-0.3, -0.25) is 15.1 Å². The summed E-state index contributed by atoms with van der Waals surface area (Å²) in [6.07, 6.45) is 0.215. The first-order chi connectivity index (χ1) is 17.6. The lowest BCUT2D eigenvalue weighted by Gasteiger charge is -2.21. The molecule has 2 amide bonds. The van der Waals surface area contributed by atoms with Crippen LogP contribution in [-0.2, 0) is 11.2 Å². The van der Waals surface area contributed by atoms with Gasteiger partial charge in [-0.15, -0.1) is 0 Å². The zero-order valence-corrected chi connectivity index (χ0v) is 19.5. The van der Waals surface area contributed by atoms with E-state index in [-0.39, 0.29) is 11.7 Å². The third-order valence-corrected chi connectivity index (χ3v) is 6.36. The van der Waals surface area contributed by atoms with Gasteiger partial charge < -0.3 is 14.4 Å². The minimum Gasteiger partial charge on any atom is -0.497 e. The average Bonchev–Trinajstić information content (AvgIpc) is 3.30. The summed E-state index contributed by atoms with van der Waals surface area (Å²) in [5.41, 5.74) is 4.82. The van der Waals surface area contributed by atoms with Gasteiger partial charge in [-0.2, -0.15) is 0 Å². The number of fused-ring (bicyclic) bond motifs is 1. The van der Waals surface area contributed by atoms with Crippen LogP contribution < -0.4 is 19.7 Å². The summed E-state index contributed by atoms with van der Waals surface area (Å²) in [6.45, 7) is 0.494. The van der Waals surface area contributed by atoms with Crippen molar-refractivity contribution in [2.24, 2.45) is 4.99 Å². The minimum atomic E-state index is -1.16. The van der Waals surface area contributed by atoms with E-state index in [2.05, 4.69) is 10.3 Å². The number of hydrogen-bond donors (Lipinski definition) is 1. The summed E-state index contributed by atoms with van der Waals surface area (Å²) >= 11 is 0. The van der Waals surface area contributed by atoms with E-state index in [1.807, 2.05) is 66.7 Å². The van der Waals surface area contributed by atoms with Gasteiger partial charge in [0.1, 0.15) is 5.75 Å². The summed E-state index contributed by atoms with van der Waals surface area (Å²) in [5, 5.41) is 3.50. The van der Waals surface area contributed by atoms with Gasteiger partial charge in [0.2, 0.25) is 6.17 Å². The lowest BCUT2D eigenvalue weighted by molar-refractivity contribution is -0.120. The van der Waals surface area contributed by atoms with Crippen LogP contribution in [0.3, 0.4) is 0 Å². The zero-order chi connectivity index (χ0) is 24.6. The summed E-state index contributed by atoms with van der Waals surface area (Å²) in [4.78, 5) is 37.2. The molecular formula is C28H22N4O4. The topological polar surface area (TPSA) is 93.1 Å². The predicted octanol–water partition coefficient (Wildman–Crippen LogP) is 4.10. The molecule has 0 spiro atoms. The molecule has 0 aliphatic carbocycles. The molecule has 2 aliphatic heterocycles. The highest BCUT2D eigenvalue weighted by Crippen LogP contribution is 2.39. The van der Waals surface area contributed by atoms with Crippen molar-refractivity contribution in [2.75, 3.05) is 18.6 Å². The first-order valence-electron chi connectivity index (χ1n) is 11.6. The molecule has 4 aromatic rings.